The van der Waals surface area contributed by atoms with Crippen LogP contribution in [0, 0.1) is 6.92 Å². The summed E-state index contributed by atoms with van der Waals surface area (Å²) in [5.41, 5.74) is 6.23. The Morgan fingerprint density at radius 1 is 1.28 bits per heavy atom. The van der Waals surface area contributed by atoms with Gasteiger partial charge in [0.05, 0.1) is 0 Å². The van der Waals surface area contributed by atoms with Gasteiger partial charge in [-0.05, 0) is 19.1 Å². The van der Waals surface area contributed by atoms with E-state index in [4.69, 9.17) is 10.5 Å². The standard InChI is InChI=1S/C11H10N2O4S/c1-7-2-4-8(5-3-7)17-11(14)9-6-10(12)13-18(9,15)16/h2-6H,1H3,(H2,12,13). The minimum Gasteiger partial charge on any atom is -0.422 e. The number of sulfonamides is 1. The van der Waals surface area contributed by atoms with Gasteiger partial charge in [0, 0.05) is 6.08 Å². The van der Waals surface area contributed by atoms with E-state index < -0.39 is 20.9 Å². The molecule has 0 atom stereocenters. The topological polar surface area (TPSA) is 98.8 Å². The van der Waals surface area contributed by atoms with Crippen molar-refractivity contribution < 1.29 is 17.9 Å². The van der Waals surface area contributed by atoms with Crippen LogP contribution in [0.25, 0.3) is 0 Å². The third-order valence-corrected chi connectivity index (χ3v) is 3.51. The molecule has 6 nitrogen and oxygen atoms in total. The second-order valence-corrected chi connectivity index (χ2v) is 5.27. The fourth-order valence-electron chi connectivity index (χ4n) is 1.35. The van der Waals surface area contributed by atoms with Crippen LogP contribution in [-0.4, -0.2) is 20.2 Å². The Balaban J connectivity index is 2.20. The third-order valence-electron chi connectivity index (χ3n) is 2.22. The van der Waals surface area contributed by atoms with Crippen molar-refractivity contribution in [3.63, 3.8) is 0 Å². The first-order chi connectivity index (χ1) is 8.38. The van der Waals surface area contributed by atoms with Crippen molar-refractivity contribution in [2.45, 2.75) is 6.92 Å². The van der Waals surface area contributed by atoms with Gasteiger partial charge in [-0.3, -0.25) is 0 Å². The summed E-state index contributed by atoms with van der Waals surface area (Å²) in [5.74, 6) is -0.971. The number of hydrogen-bond acceptors (Lipinski definition) is 5. The van der Waals surface area contributed by atoms with E-state index in [1.807, 2.05) is 6.92 Å². The summed E-state index contributed by atoms with van der Waals surface area (Å²) in [6.45, 7) is 1.88. The molecular formula is C11H10N2O4S. The van der Waals surface area contributed by atoms with Crippen LogP contribution < -0.4 is 10.5 Å². The molecule has 1 aromatic carbocycles. The molecule has 0 aromatic heterocycles. The van der Waals surface area contributed by atoms with Crippen molar-refractivity contribution in [3.8, 4) is 5.75 Å². The van der Waals surface area contributed by atoms with E-state index in [0.29, 0.717) is 0 Å². The Morgan fingerprint density at radius 3 is 2.39 bits per heavy atom. The van der Waals surface area contributed by atoms with Gasteiger partial charge in [-0.15, -0.1) is 4.40 Å². The van der Waals surface area contributed by atoms with Crippen LogP contribution in [0.5, 0.6) is 5.75 Å². The number of esters is 1. The van der Waals surface area contributed by atoms with Crippen molar-refractivity contribution in [1.29, 1.82) is 0 Å². The van der Waals surface area contributed by atoms with Gasteiger partial charge in [0.2, 0.25) is 0 Å². The molecule has 1 aromatic rings. The molecule has 0 bridgehead atoms. The predicted octanol–water partition coefficient (Wildman–Crippen LogP) is 0.485. The molecule has 0 radical (unpaired) electrons. The molecule has 0 spiro atoms. The molecule has 0 unspecified atom stereocenters. The van der Waals surface area contributed by atoms with E-state index in [9.17, 15) is 13.2 Å². The summed E-state index contributed by atoms with van der Waals surface area (Å²) in [4.78, 5) is 11.1. The predicted molar refractivity (Wildman–Crippen MR) is 65.4 cm³/mol. The molecule has 1 heterocycles. The molecule has 2 N–H and O–H groups in total. The number of nitrogens with zero attached hydrogens (tertiary/aromatic N) is 1. The number of nitrogens with two attached hydrogens (primary N) is 1. The molecule has 0 aliphatic carbocycles. The van der Waals surface area contributed by atoms with E-state index >= 15 is 0 Å². The zero-order valence-electron chi connectivity index (χ0n) is 9.45. The van der Waals surface area contributed by atoms with Crippen LogP contribution in [0.3, 0.4) is 0 Å². The molecular weight excluding hydrogens is 256 g/mol. The lowest BCUT2D eigenvalue weighted by Gasteiger charge is -2.04. The third kappa shape index (κ3) is 2.40. The van der Waals surface area contributed by atoms with Crippen LogP contribution in [0.2, 0.25) is 0 Å². The molecule has 94 valence electrons. The van der Waals surface area contributed by atoms with Crippen molar-refractivity contribution in [3.05, 3.63) is 40.8 Å². The molecule has 0 amide bonds. The lowest BCUT2D eigenvalue weighted by molar-refractivity contribution is -0.129. The highest BCUT2D eigenvalue weighted by atomic mass is 32.2. The molecule has 7 heteroatoms. The number of hydrogen-bond donors (Lipinski definition) is 1. The van der Waals surface area contributed by atoms with Gasteiger partial charge in [-0.25, -0.2) is 4.79 Å². The highest BCUT2D eigenvalue weighted by Crippen LogP contribution is 2.19. The number of carbonyl (C=O) groups is 1. The fourth-order valence-corrected chi connectivity index (χ4v) is 2.30. The molecule has 0 saturated heterocycles. The second kappa shape index (κ2) is 4.26. The highest BCUT2D eigenvalue weighted by Gasteiger charge is 2.31. The minimum absolute atomic E-state index is 0.231. The number of rotatable bonds is 2. The Kier molecular flexibility index (Phi) is 2.92. The minimum atomic E-state index is -4.01. The van der Waals surface area contributed by atoms with Gasteiger partial charge in [-0.1, -0.05) is 17.7 Å². The Labute approximate surface area is 104 Å². The van der Waals surface area contributed by atoms with Crippen LogP contribution in [-0.2, 0) is 14.8 Å². The van der Waals surface area contributed by atoms with Crippen molar-refractivity contribution in [1.82, 2.24) is 0 Å². The summed E-state index contributed by atoms with van der Waals surface area (Å²) in [6, 6.07) is 6.62. The average molecular weight is 266 g/mol. The van der Waals surface area contributed by atoms with Gasteiger partial charge in [0.15, 0.2) is 4.91 Å². The van der Waals surface area contributed by atoms with Gasteiger partial charge >= 0.3 is 5.97 Å². The van der Waals surface area contributed by atoms with Gasteiger partial charge in [0.1, 0.15) is 11.6 Å². The maximum atomic E-state index is 11.7. The fraction of sp³-hybridized carbons (Fsp3) is 0.0909. The number of amidine groups is 1. The monoisotopic (exact) mass is 266 g/mol. The molecule has 2 rings (SSSR count). The molecule has 1 aliphatic heterocycles. The number of ether oxygens (including phenoxy) is 1. The number of carbonyl (C=O) groups excluding carboxylic acids is 1. The summed E-state index contributed by atoms with van der Waals surface area (Å²) in [5, 5.41) is 0. The van der Waals surface area contributed by atoms with Crippen LogP contribution in [0.15, 0.2) is 39.6 Å². The SMILES string of the molecule is Cc1ccc(OC(=O)C2=CC(N)=NS2(=O)=O)cc1. The van der Waals surface area contributed by atoms with E-state index in [2.05, 4.69) is 4.40 Å². The molecule has 0 saturated carbocycles. The Morgan fingerprint density at radius 2 is 1.89 bits per heavy atom. The Bertz CT molecular complexity index is 657. The van der Waals surface area contributed by atoms with Crippen molar-refractivity contribution in [2.24, 2.45) is 10.1 Å². The average Bonchev–Trinajstić information content (AvgIpc) is 2.55. The lowest BCUT2D eigenvalue weighted by atomic mass is 10.2. The number of aryl methyl sites for hydroxylation is 1. The number of benzene rings is 1. The van der Waals surface area contributed by atoms with E-state index in [1.54, 1.807) is 24.3 Å². The first kappa shape index (κ1) is 12.3. The molecule has 18 heavy (non-hydrogen) atoms. The quantitative estimate of drug-likeness (QED) is 0.620. The van der Waals surface area contributed by atoms with Crippen LogP contribution >= 0.6 is 0 Å². The lowest BCUT2D eigenvalue weighted by Crippen LogP contribution is -2.15. The smallest absolute Gasteiger partial charge is 0.357 e. The maximum absolute atomic E-state index is 11.7. The van der Waals surface area contributed by atoms with E-state index in [-0.39, 0.29) is 11.6 Å². The summed E-state index contributed by atoms with van der Waals surface area (Å²) < 4.78 is 30.9. The summed E-state index contributed by atoms with van der Waals surface area (Å²) in [6.07, 6.45) is 0.978. The van der Waals surface area contributed by atoms with Crippen LogP contribution in [0.1, 0.15) is 5.56 Å². The highest BCUT2D eigenvalue weighted by molar-refractivity contribution is 7.95. The molecule has 0 fully saturated rings. The first-order valence-electron chi connectivity index (χ1n) is 4.99. The largest absolute Gasteiger partial charge is 0.422 e. The molecule has 1 aliphatic rings. The summed E-state index contributed by atoms with van der Waals surface area (Å²) in [7, 11) is -4.01. The van der Waals surface area contributed by atoms with Gasteiger partial charge < -0.3 is 10.5 Å². The summed E-state index contributed by atoms with van der Waals surface area (Å²) >= 11 is 0. The van der Waals surface area contributed by atoms with Crippen LogP contribution in [0.4, 0.5) is 0 Å². The Hall–Kier alpha value is -2.15. The maximum Gasteiger partial charge on any atom is 0.357 e. The zero-order valence-corrected chi connectivity index (χ0v) is 10.3. The van der Waals surface area contributed by atoms with Crippen molar-refractivity contribution in [2.75, 3.05) is 0 Å². The van der Waals surface area contributed by atoms with Crippen molar-refractivity contribution >= 4 is 21.8 Å². The van der Waals surface area contributed by atoms with E-state index in [0.717, 1.165) is 11.6 Å². The van der Waals surface area contributed by atoms with Gasteiger partial charge in [-0.2, -0.15) is 8.42 Å². The second-order valence-electron chi connectivity index (χ2n) is 3.70. The van der Waals surface area contributed by atoms with Gasteiger partial charge in [0.25, 0.3) is 10.0 Å². The van der Waals surface area contributed by atoms with E-state index in [1.165, 1.54) is 0 Å². The normalized spacial score (nSPS) is 16.9. The zero-order chi connectivity index (χ0) is 13.3. The first-order valence-corrected chi connectivity index (χ1v) is 6.43.